The van der Waals surface area contributed by atoms with Crippen LogP contribution in [0.1, 0.15) is 17.6 Å². The predicted octanol–water partition coefficient (Wildman–Crippen LogP) is 0.939. The van der Waals surface area contributed by atoms with Gasteiger partial charge in [0.05, 0.1) is 12.3 Å². The molecule has 2 heterocycles. The van der Waals surface area contributed by atoms with Gasteiger partial charge in [0.15, 0.2) is 0 Å². The van der Waals surface area contributed by atoms with E-state index >= 15 is 0 Å². The topological polar surface area (TPSA) is 67.5 Å². The molecule has 2 aromatic heterocycles. The molecule has 0 bridgehead atoms. The summed E-state index contributed by atoms with van der Waals surface area (Å²) in [7, 11) is 0. The van der Waals surface area contributed by atoms with Crippen molar-refractivity contribution in [3.05, 3.63) is 27.1 Å². The average Bonchev–Trinajstić information content (AvgIpc) is 2.73. The largest absolute Gasteiger partial charge is 0.396 e. The van der Waals surface area contributed by atoms with Gasteiger partial charge in [-0.25, -0.2) is 4.98 Å². The molecule has 0 saturated heterocycles. The van der Waals surface area contributed by atoms with Crippen molar-refractivity contribution in [2.24, 2.45) is 0 Å². The lowest BCUT2D eigenvalue weighted by Crippen LogP contribution is -2.15. The van der Waals surface area contributed by atoms with Crippen LogP contribution >= 0.6 is 23.1 Å². The van der Waals surface area contributed by atoms with Crippen LogP contribution in [0.15, 0.2) is 10.9 Å². The summed E-state index contributed by atoms with van der Waals surface area (Å²) >= 11 is 3.01. The number of aliphatic hydroxyl groups excluding tert-OH is 1. The van der Waals surface area contributed by atoms with Gasteiger partial charge < -0.3 is 5.11 Å². The Morgan fingerprint density at radius 1 is 1.59 bits per heavy atom. The second-order valence-electron chi connectivity index (χ2n) is 3.41. The Morgan fingerprint density at radius 3 is 3.12 bits per heavy atom. The fourth-order valence-corrected chi connectivity index (χ4v) is 2.84. The van der Waals surface area contributed by atoms with Crippen molar-refractivity contribution in [1.29, 1.82) is 0 Å². The lowest BCUT2D eigenvalue weighted by Gasteiger charge is -1.98. The van der Waals surface area contributed by atoms with Crippen molar-refractivity contribution in [1.82, 2.24) is 14.6 Å². The fraction of sp³-hybridized carbons (Fsp3) is 0.500. The summed E-state index contributed by atoms with van der Waals surface area (Å²) in [5, 5.41) is 13.8. The molecule has 0 fully saturated rings. The van der Waals surface area contributed by atoms with Gasteiger partial charge in [-0.3, -0.25) is 4.79 Å². The standard InChI is InChI=1S/C10H13N3O2S2/c1-2-8-12-13-9(15)5-7(6-16-4-3-14)11-10(13)17-8/h5,14H,2-4,6H2,1H3. The third-order valence-corrected chi connectivity index (χ3v) is 4.15. The van der Waals surface area contributed by atoms with E-state index in [1.54, 1.807) is 11.8 Å². The zero-order chi connectivity index (χ0) is 12.3. The highest BCUT2D eigenvalue weighted by molar-refractivity contribution is 7.98. The molecule has 0 aliphatic heterocycles. The van der Waals surface area contributed by atoms with E-state index in [-0.39, 0.29) is 12.2 Å². The van der Waals surface area contributed by atoms with Gasteiger partial charge in [-0.05, 0) is 6.42 Å². The molecule has 0 aliphatic rings. The first kappa shape index (κ1) is 12.5. The molecule has 92 valence electrons. The lowest BCUT2D eigenvalue weighted by atomic mass is 10.4. The Hall–Kier alpha value is -0.920. The van der Waals surface area contributed by atoms with Crippen LogP contribution in [0.4, 0.5) is 0 Å². The minimum atomic E-state index is -0.134. The molecule has 0 aromatic carbocycles. The molecule has 0 spiro atoms. The van der Waals surface area contributed by atoms with E-state index < -0.39 is 0 Å². The van der Waals surface area contributed by atoms with E-state index in [9.17, 15) is 4.79 Å². The first-order valence-electron chi connectivity index (χ1n) is 5.32. The monoisotopic (exact) mass is 271 g/mol. The molecule has 2 rings (SSSR count). The van der Waals surface area contributed by atoms with Crippen LogP contribution in [0.2, 0.25) is 0 Å². The summed E-state index contributed by atoms with van der Waals surface area (Å²) in [6.45, 7) is 2.15. The Labute approximate surface area is 107 Å². The third kappa shape index (κ3) is 2.85. The van der Waals surface area contributed by atoms with Crippen LogP contribution in [-0.4, -0.2) is 32.1 Å². The van der Waals surface area contributed by atoms with E-state index in [4.69, 9.17) is 5.11 Å². The number of thioether (sulfide) groups is 1. The normalized spacial score (nSPS) is 11.2. The minimum absolute atomic E-state index is 0.134. The van der Waals surface area contributed by atoms with Crippen LogP contribution in [0.3, 0.4) is 0 Å². The van der Waals surface area contributed by atoms with E-state index in [0.29, 0.717) is 16.5 Å². The van der Waals surface area contributed by atoms with Crippen molar-refractivity contribution in [3.63, 3.8) is 0 Å². The van der Waals surface area contributed by atoms with Gasteiger partial charge in [0.25, 0.3) is 5.56 Å². The second-order valence-corrected chi connectivity index (χ2v) is 5.55. The van der Waals surface area contributed by atoms with Crippen molar-refractivity contribution >= 4 is 28.1 Å². The number of rotatable bonds is 5. The van der Waals surface area contributed by atoms with E-state index in [1.807, 2.05) is 6.92 Å². The number of aliphatic hydroxyl groups is 1. The molecular weight excluding hydrogens is 258 g/mol. The molecule has 0 amide bonds. The van der Waals surface area contributed by atoms with Crippen molar-refractivity contribution in [2.75, 3.05) is 12.4 Å². The van der Waals surface area contributed by atoms with Crippen molar-refractivity contribution < 1.29 is 5.11 Å². The fourth-order valence-electron chi connectivity index (χ4n) is 1.35. The summed E-state index contributed by atoms with van der Waals surface area (Å²) in [6, 6.07) is 1.51. The van der Waals surface area contributed by atoms with Crippen molar-refractivity contribution in [3.8, 4) is 0 Å². The van der Waals surface area contributed by atoms with Gasteiger partial charge >= 0.3 is 0 Å². The maximum atomic E-state index is 11.8. The summed E-state index contributed by atoms with van der Waals surface area (Å²) in [4.78, 5) is 16.8. The minimum Gasteiger partial charge on any atom is -0.396 e. The number of aryl methyl sites for hydroxylation is 1. The van der Waals surface area contributed by atoms with E-state index in [1.165, 1.54) is 21.9 Å². The number of hydrogen-bond acceptors (Lipinski definition) is 6. The Kier molecular flexibility index (Phi) is 4.14. The molecule has 0 radical (unpaired) electrons. The van der Waals surface area contributed by atoms with Crippen LogP contribution in [0.5, 0.6) is 0 Å². The Morgan fingerprint density at radius 2 is 2.41 bits per heavy atom. The van der Waals surface area contributed by atoms with Gasteiger partial charge in [-0.1, -0.05) is 18.3 Å². The first-order valence-corrected chi connectivity index (χ1v) is 7.29. The second kappa shape index (κ2) is 5.61. The molecule has 5 nitrogen and oxygen atoms in total. The molecule has 1 N–H and O–H groups in total. The summed E-state index contributed by atoms with van der Waals surface area (Å²) in [5.74, 6) is 1.30. The molecule has 0 aliphatic carbocycles. The average molecular weight is 271 g/mol. The van der Waals surface area contributed by atoms with Crippen LogP contribution in [0.25, 0.3) is 4.96 Å². The Balaban J connectivity index is 2.30. The maximum Gasteiger partial charge on any atom is 0.275 e. The molecule has 7 heteroatoms. The molecule has 0 saturated carbocycles. The molecule has 17 heavy (non-hydrogen) atoms. The van der Waals surface area contributed by atoms with E-state index in [0.717, 1.165) is 17.1 Å². The predicted molar refractivity (Wildman–Crippen MR) is 69.8 cm³/mol. The SMILES string of the molecule is CCc1nn2c(=O)cc(CSCCO)nc2s1. The van der Waals surface area contributed by atoms with Gasteiger partial charge in [0.1, 0.15) is 5.01 Å². The summed E-state index contributed by atoms with van der Waals surface area (Å²) < 4.78 is 1.35. The van der Waals surface area contributed by atoms with Gasteiger partial charge in [0.2, 0.25) is 4.96 Å². The van der Waals surface area contributed by atoms with Gasteiger partial charge in [-0.15, -0.1) is 0 Å². The highest BCUT2D eigenvalue weighted by Crippen LogP contribution is 2.14. The molecule has 0 unspecified atom stereocenters. The number of aromatic nitrogens is 3. The molecular formula is C10H13N3O2S2. The highest BCUT2D eigenvalue weighted by Gasteiger charge is 2.07. The van der Waals surface area contributed by atoms with Crippen LogP contribution in [0, 0.1) is 0 Å². The van der Waals surface area contributed by atoms with Gasteiger partial charge in [-0.2, -0.15) is 21.4 Å². The highest BCUT2D eigenvalue weighted by atomic mass is 32.2. The van der Waals surface area contributed by atoms with Crippen LogP contribution < -0.4 is 5.56 Å². The molecule has 0 atom stereocenters. The number of hydrogen-bond donors (Lipinski definition) is 1. The number of fused-ring (bicyclic) bond motifs is 1. The summed E-state index contributed by atoms with van der Waals surface area (Å²) in [6.07, 6.45) is 0.808. The smallest absolute Gasteiger partial charge is 0.275 e. The lowest BCUT2D eigenvalue weighted by molar-refractivity contribution is 0.322. The zero-order valence-corrected chi connectivity index (χ0v) is 11.1. The van der Waals surface area contributed by atoms with E-state index in [2.05, 4.69) is 10.1 Å². The first-order chi connectivity index (χ1) is 8.24. The Bertz CT molecular complexity index is 564. The van der Waals surface area contributed by atoms with Crippen LogP contribution in [-0.2, 0) is 12.2 Å². The summed E-state index contributed by atoms with van der Waals surface area (Å²) in [5.41, 5.74) is 0.616. The molecule has 2 aromatic rings. The number of nitrogens with zero attached hydrogens (tertiary/aromatic N) is 3. The third-order valence-electron chi connectivity index (χ3n) is 2.13. The van der Waals surface area contributed by atoms with Gasteiger partial charge in [0, 0.05) is 17.6 Å². The maximum absolute atomic E-state index is 11.8. The zero-order valence-electron chi connectivity index (χ0n) is 9.42. The van der Waals surface area contributed by atoms with Crippen molar-refractivity contribution in [2.45, 2.75) is 19.1 Å². The quantitative estimate of drug-likeness (QED) is 0.820.